The zero-order chi connectivity index (χ0) is 12.4. The fourth-order valence-electron chi connectivity index (χ4n) is 2.81. The van der Waals surface area contributed by atoms with Crippen molar-refractivity contribution in [3.8, 4) is 0 Å². The summed E-state index contributed by atoms with van der Waals surface area (Å²) >= 11 is 0. The summed E-state index contributed by atoms with van der Waals surface area (Å²) in [4.78, 5) is 7.06. The maximum absolute atomic E-state index is 5.45. The van der Waals surface area contributed by atoms with Gasteiger partial charge in [-0.3, -0.25) is 0 Å². The first-order chi connectivity index (χ1) is 8.86. The van der Waals surface area contributed by atoms with Crippen LogP contribution in [0.1, 0.15) is 49.7 Å². The molecule has 3 rings (SSSR count). The standard InChI is InChI=1S/C13H21N3O2/c1-2-16-6-3-10(4-7-16)13-14-12(15-18-13)11-5-8-17-9-11/h10-11H,2-9H2,1H3/t11-/m0/s1. The lowest BCUT2D eigenvalue weighted by molar-refractivity contribution is 0.192. The number of piperidine rings is 1. The van der Waals surface area contributed by atoms with Crippen molar-refractivity contribution >= 4 is 0 Å². The molecule has 18 heavy (non-hydrogen) atoms. The van der Waals surface area contributed by atoms with Crippen molar-refractivity contribution in [1.29, 1.82) is 0 Å². The summed E-state index contributed by atoms with van der Waals surface area (Å²) < 4.78 is 10.8. The summed E-state index contributed by atoms with van der Waals surface area (Å²) in [6, 6.07) is 0. The molecule has 0 aromatic carbocycles. The fraction of sp³-hybridized carbons (Fsp3) is 0.846. The number of ether oxygens (including phenoxy) is 1. The number of aromatic nitrogens is 2. The molecule has 0 radical (unpaired) electrons. The van der Waals surface area contributed by atoms with E-state index in [9.17, 15) is 0 Å². The largest absolute Gasteiger partial charge is 0.381 e. The Morgan fingerprint density at radius 1 is 1.22 bits per heavy atom. The molecule has 0 amide bonds. The van der Waals surface area contributed by atoms with E-state index in [0.717, 1.165) is 63.8 Å². The third-order valence-corrected chi connectivity index (χ3v) is 4.14. The van der Waals surface area contributed by atoms with Crippen molar-refractivity contribution < 1.29 is 9.26 Å². The highest BCUT2D eigenvalue weighted by Crippen LogP contribution is 2.29. The zero-order valence-corrected chi connectivity index (χ0v) is 11.0. The summed E-state index contributed by atoms with van der Waals surface area (Å²) in [6.07, 6.45) is 3.29. The molecule has 3 heterocycles. The van der Waals surface area contributed by atoms with E-state index in [-0.39, 0.29) is 0 Å². The summed E-state index contributed by atoms with van der Waals surface area (Å²) in [5.41, 5.74) is 0. The Balaban J connectivity index is 1.62. The van der Waals surface area contributed by atoms with Crippen LogP contribution in [0, 0.1) is 0 Å². The van der Waals surface area contributed by atoms with E-state index in [0.29, 0.717) is 11.8 Å². The second-order valence-corrected chi connectivity index (χ2v) is 5.26. The zero-order valence-electron chi connectivity index (χ0n) is 11.0. The molecule has 1 atom stereocenters. The van der Waals surface area contributed by atoms with Crippen molar-refractivity contribution in [2.24, 2.45) is 0 Å². The van der Waals surface area contributed by atoms with Gasteiger partial charge in [-0.05, 0) is 38.9 Å². The maximum atomic E-state index is 5.45. The monoisotopic (exact) mass is 251 g/mol. The highest BCUT2D eigenvalue weighted by Gasteiger charge is 2.27. The van der Waals surface area contributed by atoms with E-state index >= 15 is 0 Å². The Bertz CT molecular complexity index is 379. The molecule has 0 aliphatic carbocycles. The van der Waals surface area contributed by atoms with Crippen molar-refractivity contribution in [2.75, 3.05) is 32.8 Å². The summed E-state index contributed by atoms with van der Waals surface area (Å²) in [7, 11) is 0. The van der Waals surface area contributed by atoms with Crippen LogP contribution in [0.4, 0.5) is 0 Å². The van der Waals surface area contributed by atoms with Crippen LogP contribution in [0.25, 0.3) is 0 Å². The number of hydrogen-bond acceptors (Lipinski definition) is 5. The first-order valence-electron chi connectivity index (χ1n) is 7.00. The molecule has 2 aliphatic rings. The van der Waals surface area contributed by atoms with Gasteiger partial charge in [0, 0.05) is 18.4 Å². The SMILES string of the molecule is CCN1CCC(c2nc([C@H]3CCOC3)no2)CC1. The molecule has 2 saturated heterocycles. The van der Waals surface area contributed by atoms with Crippen LogP contribution >= 0.6 is 0 Å². The van der Waals surface area contributed by atoms with Crippen LogP contribution in [0.2, 0.25) is 0 Å². The molecule has 0 spiro atoms. The molecule has 0 unspecified atom stereocenters. The molecule has 2 aliphatic heterocycles. The molecule has 2 fully saturated rings. The molecule has 0 N–H and O–H groups in total. The van der Waals surface area contributed by atoms with Crippen LogP contribution < -0.4 is 0 Å². The van der Waals surface area contributed by atoms with Gasteiger partial charge in [-0.2, -0.15) is 4.98 Å². The lowest BCUT2D eigenvalue weighted by Gasteiger charge is -2.28. The van der Waals surface area contributed by atoms with Crippen LogP contribution in [0.15, 0.2) is 4.52 Å². The number of rotatable bonds is 3. The van der Waals surface area contributed by atoms with Gasteiger partial charge >= 0.3 is 0 Å². The fourth-order valence-corrected chi connectivity index (χ4v) is 2.81. The molecule has 1 aromatic heterocycles. The molecule has 5 heteroatoms. The minimum atomic E-state index is 0.346. The van der Waals surface area contributed by atoms with Crippen molar-refractivity contribution in [1.82, 2.24) is 15.0 Å². The molecule has 100 valence electrons. The molecule has 0 saturated carbocycles. The van der Waals surface area contributed by atoms with Gasteiger partial charge in [-0.15, -0.1) is 0 Å². The third kappa shape index (κ3) is 2.42. The van der Waals surface area contributed by atoms with Gasteiger partial charge in [-0.1, -0.05) is 12.1 Å². The average Bonchev–Trinajstić information content (AvgIpc) is 3.09. The van der Waals surface area contributed by atoms with E-state index in [1.807, 2.05) is 0 Å². The third-order valence-electron chi connectivity index (χ3n) is 4.14. The Labute approximate surface area is 107 Å². The predicted molar refractivity (Wildman–Crippen MR) is 66.6 cm³/mol. The lowest BCUT2D eigenvalue weighted by Crippen LogP contribution is -2.32. The van der Waals surface area contributed by atoms with Gasteiger partial charge in [0.1, 0.15) is 0 Å². The summed E-state index contributed by atoms with van der Waals surface area (Å²) in [5, 5.41) is 4.13. The average molecular weight is 251 g/mol. The summed E-state index contributed by atoms with van der Waals surface area (Å²) in [6.45, 7) is 7.21. The maximum Gasteiger partial charge on any atom is 0.229 e. The van der Waals surface area contributed by atoms with Crippen LogP contribution in [-0.2, 0) is 4.74 Å². The van der Waals surface area contributed by atoms with E-state index < -0.39 is 0 Å². The Hall–Kier alpha value is -0.940. The van der Waals surface area contributed by atoms with Gasteiger partial charge in [0.15, 0.2) is 5.82 Å². The first kappa shape index (κ1) is 12.1. The van der Waals surface area contributed by atoms with Crippen molar-refractivity contribution in [3.05, 3.63) is 11.7 Å². The van der Waals surface area contributed by atoms with E-state index in [2.05, 4.69) is 22.0 Å². The number of likely N-dealkylation sites (tertiary alicyclic amines) is 1. The molecule has 1 aromatic rings. The van der Waals surface area contributed by atoms with Gasteiger partial charge < -0.3 is 14.2 Å². The van der Waals surface area contributed by atoms with Crippen molar-refractivity contribution in [2.45, 2.75) is 38.0 Å². The van der Waals surface area contributed by atoms with E-state index in [1.165, 1.54) is 0 Å². The minimum absolute atomic E-state index is 0.346. The van der Waals surface area contributed by atoms with Crippen LogP contribution in [0.3, 0.4) is 0 Å². The quantitative estimate of drug-likeness (QED) is 0.819. The predicted octanol–water partition coefficient (Wildman–Crippen LogP) is 1.77. The Morgan fingerprint density at radius 3 is 2.72 bits per heavy atom. The second-order valence-electron chi connectivity index (χ2n) is 5.26. The molecule has 0 bridgehead atoms. The lowest BCUT2D eigenvalue weighted by atomic mass is 9.97. The molecular formula is C13H21N3O2. The van der Waals surface area contributed by atoms with E-state index in [4.69, 9.17) is 9.26 Å². The Kier molecular flexibility index (Phi) is 3.61. The van der Waals surface area contributed by atoms with E-state index in [1.54, 1.807) is 0 Å². The second kappa shape index (κ2) is 5.36. The highest BCUT2D eigenvalue weighted by atomic mass is 16.5. The normalized spacial score (nSPS) is 26.8. The molecule has 5 nitrogen and oxygen atoms in total. The minimum Gasteiger partial charge on any atom is -0.381 e. The number of hydrogen-bond donors (Lipinski definition) is 0. The van der Waals surface area contributed by atoms with Crippen LogP contribution in [-0.4, -0.2) is 47.9 Å². The van der Waals surface area contributed by atoms with Gasteiger partial charge in [0.25, 0.3) is 0 Å². The summed E-state index contributed by atoms with van der Waals surface area (Å²) in [5.74, 6) is 2.49. The smallest absolute Gasteiger partial charge is 0.229 e. The highest BCUT2D eigenvalue weighted by molar-refractivity contribution is 5.01. The van der Waals surface area contributed by atoms with Crippen LogP contribution in [0.5, 0.6) is 0 Å². The van der Waals surface area contributed by atoms with Gasteiger partial charge in [0.05, 0.1) is 6.61 Å². The first-order valence-corrected chi connectivity index (χ1v) is 7.00. The van der Waals surface area contributed by atoms with Gasteiger partial charge in [-0.25, -0.2) is 0 Å². The molecular weight excluding hydrogens is 230 g/mol. The Morgan fingerprint density at radius 2 is 2.06 bits per heavy atom. The van der Waals surface area contributed by atoms with Gasteiger partial charge in [0.2, 0.25) is 5.89 Å². The topological polar surface area (TPSA) is 51.4 Å². The van der Waals surface area contributed by atoms with Crippen molar-refractivity contribution in [3.63, 3.8) is 0 Å². The number of nitrogens with zero attached hydrogens (tertiary/aromatic N) is 3.